The summed E-state index contributed by atoms with van der Waals surface area (Å²) >= 11 is 0. The molecule has 0 saturated carbocycles. The van der Waals surface area contributed by atoms with Crippen LogP contribution in [0.25, 0.3) is 11.4 Å². The van der Waals surface area contributed by atoms with E-state index in [0.717, 1.165) is 23.0 Å². The summed E-state index contributed by atoms with van der Waals surface area (Å²) in [6.07, 6.45) is -3.38. The summed E-state index contributed by atoms with van der Waals surface area (Å²) in [5, 5.41) is 0. The van der Waals surface area contributed by atoms with Crippen molar-refractivity contribution in [1.82, 2.24) is 24.4 Å². The van der Waals surface area contributed by atoms with Crippen LogP contribution in [0, 0.1) is 6.92 Å². The van der Waals surface area contributed by atoms with Crippen molar-refractivity contribution in [2.75, 3.05) is 6.54 Å². The summed E-state index contributed by atoms with van der Waals surface area (Å²) < 4.78 is 51.8. The number of aromatic nitrogens is 4. The van der Waals surface area contributed by atoms with Crippen molar-refractivity contribution in [3.63, 3.8) is 0 Å². The number of benzene rings is 1. The second kappa shape index (κ2) is 9.44. The van der Waals surface area contributed by atoms with E-state index in [-0.39, 0.29) is 19.0 Å². The highest BCUT2D eigenvalue weighted by molar-refractivity contribution is 5.68. The molecular formula is C25H28F3N5O3. The number of amides is 1. The van der Waals surface area contributed by atoms with E-state index in [1.54, 1.807) is 36.1 Å². The second-order valence-corrected chi connectivity index (χ2v) is 9.70. The fourth-order valence-corrected chi connectivity index (χ4v) is 3.88. The molecule has 1 amide bonds. The summed E-state index contributed by atoms with van der Waals surface area (Å²) in [4.78, 5) is 26.8. The highest BCUT2D eigenvalue weighted by Gasteiger charge is 2.34. The number of halogens is 3. The number of ether oxygens (including phenoxy) is 2. The van der Waals surface area contributed by atoms with Gasteiger partial charge in [-0.1, -0.05) is 24.3 Å². The Bertz CT molecular complexity index is 1260. The van der Waals surface area contributed by atoms with E-state index in [9.17, 15) is 18.0 Å². The molecule has 0 N–H and O–H groups in total. The van der Waals surface area contributed by atoms with E-state index in [4.69, 9.17) is 9.47 Å². The molecule has 0 aliphatic carbocycles. The second-order valence-electron chi connectivity index (χ2n) is 9.70. The molecule has 0 saturated heterocycles. The van der Waals surface area contributed by atoms with E-state index < -0.39 is 23.6 Å². The van der Waals surface area contributed by atoms with E-state index >= 15 is 0 Å². The van der Waals surface area contributed by atoms with Gasteiger partial charge in [0.25, 0.3) is 0 Å². The Morgan fingerprint density at radius 3 is 2.39 bits per heavy atom. The minimum Gasteiger partial charge on any atom is -0.472 e. The largest absolute Gasteiger partial charge is 0.472 e. The number of alkyl halides is 3. The Morgan fingerprint density at radius 1 is 1.08 bits per heavy atom. The third-order valence-electron chi connectivity index (χ3n) is 5.54. The molecule has 0 unspecified atom stereocenters. The SMILES string of the molecule is Cc1nc2c(c(OCc3ccc(-c4nc(C(F)(F)F)cn4C)cc3)n1)CN(C(=O)OC(C)(C)C)CC2. The van der Waals surface area contributed by atoms with Gasteiger partial charge in [0.05, 0.1) is 17.8 Å². The zero-order chi connectivity index (χ0) is 26.3. The molecule has 2 aromatic heterocycles. The van der Waals surface area contributed by atoms with Crippen molar-refractivity contribution in [3.8, 4) is 17.3 Å². The molecule has 1 aromatic carbocycles. The van der Waals surface area contributed by atoms with Gasteiger partial charge >= 0.3 is 12.3 Å². The number of carbonyl (C=O) groups is 1. The van der Waals surface area contributed by atoms with Crippen LogP contribution in [0.2, 0.25) is 0 Å². The third-order valence-corrected chi connectivity index (χ3v) is 5.54. The average molecular weight is 504 g/mol. The Hall–Kier alpha value is -3.63. The Balaban J connectivity index is 1.48. The molecule has 0 bridgehead atoms. The molecule has 3 heterocycles. The zero-order valence-electron chi connectivity index (χ0n) is 20.8. The zero-order valence-corrected chi connectivity index (χ0v) is 20.8. The smallest absolute Gasteiger partial charge is 0.434 e. The number of hydrogen-bond donors (Lipinski definition) is 0. The molecule has 0 spiro atoms. The van der Waals surface area contributed by atoms with Gasteiger partial charge in [-0.2, -0.15) is 18.2 Å². The number of hydrogen-bond acceptors (Lipinski definition) is 6. The van der Waals surface area contributed by atoms with Gasteiger partial charge in [0.1, 0.15) is 23.9 Å². The van der Waals surface area contributed by atoms with Crippen molar-refractivity contribution < 1.29 is 27.4 Å². The number of imidazole rings is 1. The molecular weight excluding hydrogens is 475 g/mol. The summed E-state index contributed by atoms with van der Waals surface area (Å²) in [6.45, 7) is 8.19. The molecule has 1 aliphatic rings. The topological polar surface area (TPSA) is 82.4 Å². The summed E-state index contributed by atoms with van der Waals surface area (Å²) in [6, 6.07) is 6.94. The first-order valence-corrected chi connectivity index (χ1v) is 11.5. The standard InChI is InChI=1S/C25H28F3N5O3/c1-15-29-19-10-11-33(23(34)36-24(2,3)4)12-18(19)22(30-15)35-14-16-6-8-17(9-7-16)21-31-20(13-32(21)5)25(26,27)28/h6-9,13H,10-12,14H2,1-5H3. The number of nitrogens with zero attached hydrogens (tertiary/aromatic N) is 5. The van der Waals surface area contributed by atoms with Crippen LogP contribution in [0.15, 0.2) is 30.5 Å². The lowest BCUT2D eigenvalue weighted by Crippen LogP contribution is -2.40. The molecule has 0 radical (unpaired) electrons. The van der Waals surface area contributed by atoms with Crippen LogP contribution < -0.4 is 4.74 Å². The minimum atomic E-state index is -4.50. The van der Waals surface area contributed by atoms with Gasteiger partial charge in [0.15, 0.2) is 5.69 Å². The van der Waals surface area contributed by atoms with E-state index in [0.29, 0.717) is 30.2 Å². The van der Waals surface area contributed by atoms with Crippen molar-refractivity contribution >= 4 is 6.09 Å². The lowest BCUT2D eigenvalue weighted by Gasteiger charge is -2.31. The van der Waals surface area contributed by atoms with Gasteiger partial charge in [0, 0.05) is 31.8 Å². The highest BCUT2D eigenvalue weighted by atomic mass is 19.4. The lowest BCUT2D eigenvalue weighted by atomic mass is 10.1. The Kier molecular flexibility index (Phi) is 6.68. The Labute approximate surface area is 207 Å². The molecule has 192 valence electrons. The molecule has 3 aromatic rings. The number of rotatable bonds is 4. The first-order valence-electron chi connectivity index (χ1n) is 11.5. The molecule has 4 rings (SSSR count). The van der Waals surface area contributed by atoms with Crippen molar-refractivity contribution in [1.29, 1.82) is 0 Å². The van der Waals surface area contributed by atoms with Crippen LogP contribution in [0.3, 0.4) is 0 Å². The molecule has 1 aliphatic heterocycles. The predicted octanol–water partition coefficient (Wildman–Crippen LogP) is 5.08. The first-order chi connectivity index (χ1) is 16.8. The van der Waals surface area contributed by atoms with E-state index in [2.05, 4.69) is 15.0 Å². The third kappa shape index (κ3) is 5.77. The minimum absolute atomic E-state index is 0.185. The molecule has 0 atom stereocenters. The van der Waals surface area contributed by atoms with Crippen LogP contribution >= 0.6 is 0 Å². The van der Waals surface area contributed by atoms with Crippen LogP contribution in [-0.2, 0) is 37.5 Å². The maximum atomic E-state index is 13.0. The van der Waals surface area contributed by atoms with Crippen LogP contribution in [0.4, 0.5) is 18.0 Å². The molecule has 11 heteroatoms. The molecule has 8 nitrogen and oxygen atoms in total. The maximum Gasteiger partial charge on any atom is 0.434 e. The van der Waals surface area contributed by atoms with Crippen LogP contribution in [-0.4, -0.2) is 42.7 Å². The lowest BCUT2D eigenvalue weighted by molar-refractivity contribution is -0.140. The summed E-state index contributed by atoms with van der Waals surface area (Å²) in [7, 11) is 1.52. The van der Waals surface area contributed by atoms with Crippen LogP contribution in [0.1, 0.15) is 49.1 Å². The quantitative estimate of drug-likeness (QED) is 0.494. The van der Waals surface area contributed by atoms with E-state index in [1.807, 2.05) is 20.8 Å². The summed E-state index contributed by atoms with van der Waals surface area (Å²) in [5.74, 6) is 1.19. The highest BCUT2D eigenvalue weighted by Crippen LogP contribution is 2.31. The molecule has 36 heavy (non-hydrogen) atoms. The fraction of sp³-hybridized carbons (Fsp3) is 0.440. The van der Waals surface area contributed by atoms with E-state index in [1.165, 1.54) is 11.6 Å². The van der Waals surface area contributed by atoms with Gasteiger partial charge in [-0.15, -0.1) is 0 Å². The predicted molar refractivity (Wildman–Crippen MR) is 125 cm³/mol. The number of fused-ring (bicyclic) bond motifs is 1. The number of aryl methyl sites for hydroxylation is 2. The van der Waals surface area contributed by atoms with Crippen molar-refractivity contribution in [2.45, 2.75) is 59.0 Å². The number of carbonyl (C=O) groups excluding carboxylic acids is 1. The molecule has 0 fully saturated rings. The van der Waals surface area contributed by atoms with Crippen LogP contribution in [0.5, 0.6) is 5.88 Å². The van der Waals surface area contributed by atoms with Gasteiger partial charge in [-0.3, -0.25) is 0 Å². The fourth-order valence-electron chi connectivity index (χ4n) is 3.88. The van der Waals surface area contributed by atoms with Gasteiger partial charge in [-0.05, 0) is 33.3 Å². The monoisotopic (exact) mass is 503 g/mol. The maximum absolute atomic E-state index is 13.0. The van der Waals surface area contributed by atoms with Crippen molar-refractivity contribution in [2.24, 2.45) is 7.05 Å². The first kappa shape index (κ1) is 25.5. The normalized spacial score (nSPS) is 13.9. The summed E-state index contributed by atoms with van der Waals surface area (Å²) in [5.41, 5.74) is 1.39. The van der Waals surface area contributed by atoms with Gasteiger partial charge in [-0.25, -0.2) is 14.8 Å². The average Bonchev–Trinajstić information content (AvgIpc) is 3.18. The van der Waals surface area contributed by atoms with Gasteiger partial charge < -0.3 is 18.9 Å². The van der Waals surface area contributed by atoms with Gasteiger partial charge in [0.2, 0.25) is 5.88 Å². The van der Waals surface area contributed by atoms with Crippen molar-refractivity contribution in [3.05, 3.63) is 58.8 Å². The Morgan fingerprint density at radius 2 is 1.78 bits per heavy atom.